The Bertz CT molecular complexity index is 882. The van der Waals surface area contributed by atoms with Crippen molar-refractivity contribution in [2.24, 2.45) is 0 Å². The van der Waals surface area contributed by atoms with Crippen molar-refractivity contribution < 1.29 is 9.59 Å². The number of nitrogens with zero attached hydrogens (tertiary/aromatic N) is 2. The number of nitrogens with one attached hydrogen (secondary N) is 2. The average molecular weight is 423 g/mol. The van der Waals surface area contributed by atoms with Crippen LogP contribution < -0.4 is 10.6 Å². The zero-order valence-corrected chi connectivity index (χ0v) is 18.9. The predicted molar refractivity (Wildman–Crippen MR) is 124 cm³/mol. The van der Waals surface area contributed by atoms with Crippen LogP contribution in [0.2, 0.25) is 0 Å². The highest BCUT2D eigenvalue weighted by molar-refractivity contribution is 5.78. The van der Waals surface area contributed by atoms with Crippen LogP contribution in [0.4, 0.5) is 4.79 Å². The first-order valence-electron chi connectivity index (χ1n) is 11.0. The molecule has 3 amide bonds. The van der Waals surface area contributed by atoms with E-state index in [2.05, 4.69) is 53.6 Å². The van der Waals surface area contributed by atoms with E-state index in [1.807, 2.05) is 30.3 Å². The van der Waals surface area contributed by atoms with Gasteiger partial charge in [0, 0.05) is 51.7 Å². The number of hydrogen-bond donors (Lipinski definition) is 2. The molecule has 0 atom stereocenters. The van der Waals surface area contributed by atoms with Crippen LogP contribution in [0.1, 0.15) is 37.0 Å². The van der Waals surface area contributed by atoms with Crippen LogP contribution in [0, 0.1) is 0 Å². The lowest BCUT2D eigenvalue weighted by Gasteiger charge is -2.41. The molecule has 0 spiro atoms. The van der Waals surface area contributed by atoms with Crippen LogP contribution in [-0.4, -0.2) is 54.0 Å². The van der Waals surface area contributed by atoms with Crippen molar-refractivity contribution >= 4 is 11.9 Å². The normalized spacial score (nSPS) is 13.9. The molecule has 31 heavy (non-hydrogen) atoms. The number of amides is 3. The lowest BCUT2D eigenvalue weighted by Crippen LogP contribution is -2.53. The zero-order valence-electron chi connectivity index (χ0n) is 18.9. The second-order valence-corrected chi connectivity index (χ2v) is 8.85. The van der Waals surface area contributed by atoms with E-state index in [1.54, 1.807) is 11.9 Å². The topological polar surface area (TPSA) is 64.7 Å². The highest BCUT2D eigenvalue weighted by Crippen LogP contribution is 2.24. The number of hydrogen-bond acceptors (Lipinski definition) is 3. The second kappa shape index (κ2) is 10.4. The van der Waals surface area contributed by atoms with Crippen molar-refractivity contribution in [2.45, 2.75) is 45.3 Å². The molecule has 0 saturated carbocycles. The Morgan fingerprint density at radius 1 is 1.00 bits per heavy atom. The molecule has 6 heteroatoms. The van der Waals surface area contributed by atoms with Crippen LogP contribution in [0.5, 0.6) is 0 Å². The minimum atomic E-state index is -0.177. The van der Waals surface area contributed by atoms with Gasteiger partial charge in [0.1, 0.15) is 0 Å². The minimum absolute atomic E-state index is 0.0449. The molecular formula is C25H34N4O2. The molecule has 166 valence electrons. The second-order valence-electron chi connectivity index (χ2n) is 8.85. The molecular weight excluding hydrogens is 388 g/mol. The quantitative estimate of drug-likeness (QED) is 0.687. The maximum Gasteiger partial charge on any atom is 0.317 e. The fourth-order valence-electron chi connectivity index (χ4n) is 3.87. The fourth-order valence-corrected chi connectivity index (χ4v) is 3.87. The molecule has 1 aliphatic heterocycles. The van der Waals surface area contributed by atoms with Crippen molar-refractivity contribution in [1.82, 2.24) is 20.4 Å². The van der Waals surface area contributed by atoms with Gasteiger partial charge in [-0.25, -0.2) is 4.79 Å². The molecule has 1 heterocycles. The van der Waals surface area contributed by atoms with Gasteiger partial charge in [-0.15, -0.1) is 0 Å². The van der Waals surface area contributed by atoms with Crippen molar-refractivity contribution in [3.63, 3.8) is 0 Å². The van der Waals surface area contributed by atoms with Crippen LogP contribution in [-0.2, 0) is 24.3 Å². The number of rotatable bonds is 8. The molecule has 0 bridgehead atoms. The summed E-state index contributed by atoms with van der Waals surface area (Å²) in [5, 5.41) is 5.86. The molecule has 0 aliphatic carbocycles. The Labute approximate surface area is 185 Å². The SMILES string of the molecule is CN(Cc1ccccc1)C(=O)NCCC(=O)NCC(C)(C)N1CCc2ccccc2C1. The van der Waals surface area contributed by atoms with E-state index in [0.29, 0.717) is 19.6 Å². The standard InChI is InChI=1S/C25H34N4O2/c1-25(2,29-16-14-21-11-7-8-12-22(21)18-29)19-27-23(30)13-15-26-24(31)28(3)17-20-9-5-4-6-10-20/h4-12H,13-19H2,1-3H3,(H,26,31)(H,27,30). The third kappa shape index (κ3) is 6.56. The molecule has 0 radical (unpaired) electrons. The Hall–Kier alpha value is -2.86. The van der Waals surface area contributed by atoms with Gasteiger partial charge in [-0.3, -0.25) is 9.69 Å². The lowest BCUT2D eigenvalue weighted by molar-refractivity contribution is -0.121. The van der Waals surface area contributed by atoms with Crippen LogP contribution in [0.15, 0.2) is 54.6 Å². The summed E-state index contributed by atoms with van der Waals surface area (Å²) < 4.78 is 0. The first-order valence-corrected chi connectivity index (χ1v) is 11.0. The van der Waals surface area contributed by atoms with E-state index >= 15 is 0 Å². The summed E-state index contributed by atoms with van der Waals surface area (Å²) in [5.74, 6) is -0.0449. The van der Waals surface area contributed by atoms with E-state index in [9.17, 15) is 9.59 Å². The van der Waals surface area contributed by atoms with Crippen LogP contribution >= 0.6 is 0 Å². The first kappa shape index (κ1) is 22.8. The van der Waals surface area contributed by atoms with Crippen molar-refractivity contribution in [2.75, 3.05) is 26.7 Å². The minimum Gasteiger partial charge on any atom is -0.354 e. The number of carbonyl (C=O) groups is 2. The van der Waals surface area contributed by atoms with Gasteiger partial charge in [0.2, 0.25) is 5.91 Å². The van der Waals surface area contributed by atoms with E-state index in [-0.39, 0.29) is 23.9 Å². The Morgan fingerprint density at radius 3 is 2.42 bits per heavy atom. The molecule has 0 saturated heterocycles. The summed E-state index contributed by atoms with van der Waals surface area (Å²) in [6.07, 6.45) is 1.31. The highest BCUT2D eigenvalue weighted by atomic mass is 16.2. The maximum atomic E-state index is 12.3. The summed E-state index contributed by atoms with van der Waals surface area (Å²) >= 11 is 0. The zero-order chi connectivity index (χ0) is 22.3. The fraction of sp³-hybridized carbons (Fsp3) is 0.440. The number of carbonyl (C=O) groups excluding carboxylic acids is 2. The largest absolute Gasteiger partial charge is 0.354 e. The molecule has 2 N–H and O–H groups in total. The number of fused-ring (bicyclic) bond motifs is 1. The lowest BCUT2D eigenvalue weighted by atomic mass is 9.94. The molecule has 2 aromatic rings. The molecule has 2 aromatic carbocycles. The van der Waals surface area contributed by atoms with Crippen LogP contribution in [0.3, 0.4) is 0 Å². The molecule has 1 aliphatic rings. The Kier molecular flexibility index (Phi) is 7.69. The molecule has 6 nitrogen and oxygen atoms in total. The van der Waals surface area contributed by atoms with Crippen LogP contribution in [0.25, 0.3) is 0 Å². The molecule has 0 unspecified atom stereocenters. The van der Waals surface area contributed by atoms with Gasteiger partial charge in [0.25, 0.3) is 0 Å². The Balaban J connectivity index is 1.37. The number of benzene rings is 2. The van der Waals surface area contributed by atoms with E-state index in [4.69, 9.17) is 0 Å². The third-order valence-corrected chi connectivity index (χ3v) is 5.94. The van der Waals surface area contributed by atoms with Gasteiger partial charge in [-0.05, 0) is 37.0 Å². The average Bonchev–Trinajstić information content (AvgIpc) is 2.78. The molecule has 0 aromatic heterocycles. The number of urea groups is 1. The van der Waals surface area contributed by atoms with Gasteiger partial charge in [-0.2, -0.15) is 0 Å². The van der Waals surface area contributed by atoms with Crippen molar-refractivity contribution in [3.05, 3.63) is 71.3 Å². The summed E-state index contributed by atoms with van der Waals surface area (Å²) in [6.45, 7) is 7.67. The van der Waals surface area contributed by atoms with Crippen molar-refractivity contribution in [3.8, 4) is 0 Å². The first-order chi connectivity index (χ1) is 14.8. The molecule has 3 rings (SSSR count). The predicted octanol–water partition coefficient (Wildman–Crippen LogP) is 3.17. The summed E-state index contributed by atoms with van der Waals surface area (Å²) in [5.41, 5.74) is 3.73. The van der Waals surface area contributed by atoms with Gasteiger partial charge in [0.05, 0.1) is 0 Å². The van der Waals surface area contributed by atoms with E-state index in [1.165, 1.54) is 11.1 Å². The summed E-state index contributed by atoms with van der Waals surface area (Å²) in [7, 11) is 1.75. The van der Waals surface area contributed by atoms with Crippen molar-refractivity contribution in [1.29, 1.82) is 0 Å². The van der Waals surface area contributed by atoms with Gasteiger partial charge in [0.15, 0.2) is 0 Å². The van der Waals surface area contributed by atoms with Gasteiger partial charge >= 0.3 is 6.03 Å². The summed E-state index contributed by atoms with van der Waals surface area (Å²) in [6, 6.07) is 18.2. The third-order valence-electron chi connectivity index (χ3n) is 5.94. The van der Waals surface area contributed by atoms with Gasteiger partial charge < -0.3 is 15.5 Å². The highest BCUT2D eigenvalue weighted by Gasteiger charge is 2.30. The van der Waals surface area contributed by atoms with E-state index in [0.717, 1.165) is 25.1 Å². The summed E-state index contributed by atoms with van der Waals surface area (Å²) in [4.78, 5) is 28.6. The van der Waals surface area contributed by atoms with Gasteiger partial charge in [-0.1, -0.05) is 54.6 Å². The Morgan fingerprint density at radius 2 is 1.68 bits per heavy atom. The maximum absolute atomic E-state index is 12.3. The van der Waals surface area contributed by atoms with E-state index < -0.39 is 0 Å². The molecule has 0 fully saturated rings. The monoisotopic (exact) mass is 422 g/mol. The smallest absolute Gasteiger partial charge is 0.317 e.